The normalized spacial score (nSPS) is 19.0. The van der Waals surface area contributed by atoms with Gasteiger partial charge < -0.3 is 23.9 Å². The van der Waals surface area contributed by atoms with Crippen LogP contribution in [0.3, 0.4) is 0 Å². The summed E-state index contributed by atoms with van der Waals surface area (Å²) in [7, 11) is 3.06. The molecule has 8 heteroatoms. The third-order valence-electron chi connectivity index (χ3n) is 6.88. The highest BCUT2D eigenvalue weighted by molar-refractivity contribution is 6.31. The molecule has 7 nitrogen and oxygen atoms in total. The van der Waals surface area contributed by atoms with Gasteiger partial charge in [0, 0.05) is 22.5 Å². The van der Waals surface area contributed by atoms with Crippen molar-refractivity contribution in [2.24, 2.45) is 0 Å². The van der Waals surface area contributed by atoms with E-state index in [9.17, 15) is 14.7 Å². The Morgan fingerprint density at radius 1 is 1.06 bits per heavy atom. The minimum Gasteiger partial charge on any atom is -0.503 e. The van der Waals surface area contributed by atoms with Crippen molar-refractivity contribution in [2.45, 2.75) is 44.2 Å². The number of aliphatic hydroxyl groups is 1. The summed E-state index contributed by atoms with van der Waals surface area (Å²) in [5, 5.41) is 12.0. The molecule has 0 saturated heterocycles. The van der Waals surface area contributed by atoms with Crippen LogP contribution in [0, 0.1) is 0 Å². The molecule has 1 aromatic heterocycles. The second kappa shape index (κ2) is 9.30. The maximum Gasteiger partial charge on any atom is 0.290 e. The van der Waals surface area contributed by atoms with E-state index in [1.807, 2.05) is 12.1 Å². The van der Waals surface area contributed by atoms with Crippen molar-refractivity contribution >= 4 is 34.3 Å². The minimum absolute atomic E-state index is 0.000998. The molecule has 1 aliphatic carbocycles. The van der Waals surface area contributed by atoms with Crippen molar-refractivity contribution in [1.29, 1.82) is 0 Å². The molecule has 1 aliphatic heterocycles. The van der Waals surface area contributed by atoms with E-state index in [1.165, 1.54) is 7.11 Å². The van der Waals surface area contributed by atoms with Gasteiger partial charge in [-0.15, -0.1) is 0 Å². The van der Waals surface area contributed by atoms with Gasteiger partial charge in [0.1, 0.15) is 5.75 Å². The first-order valence-electron chi connectivity index (χ1n) is 11.6. The zero-order valence-corrected chi connectivity index (χ0v) is 20.3. The van der Waals surface area contributed by atoms with Crippen LogP contribution in [0.2, 0.25) is 5.02 Å². The number of fused-ring (bicyclic) bond motifs is 1. The SMILES string of the molecule is COc1ccc(C2C(C(=O)c3cc4cc(Cl)cc(OC)c4o3)=C(O)C(=O)N2C2CCCCC2)cc1. The van der Waals surface area contributed by atoms with E-state index < -0.39 is 23.5 Å². The van der Waals surface area contributed by atoms with Crippen molar-refractivity contribution in [3.63, 3.8) is 0 Å². The Balaban J connectivity index is 1.61. The van der Waals surface area contributed by atoms with Crippen LogP contribution >= 0.6 is 11.6 Å². The molecule has 0 spiro atoms. The molecule has 182 valence electrons. The van der Waals surface area contributed by atoms with Crippen molar-refractivity contribution < 1.29 is 28.6 Å². The number of halogens is 1. The van der Waals surface area contributed by atoms with Crippen molar-refractivity contribution in [1.82, 2.24) is 4.90 Å². The lowest BCUT2D eigenvalue weighted by Gasteiger charge is -2.36. The second-order valence-electron chi connectivity index (χ2n) is 8.91. The number of methoxy groups -OCH3 is 2. The molecule has 35 heavy (non-hydrogen) atoms. The lowest BCUT2D eigenvalue weighted by atomic mass is 9.90. The lowest BCUT2D eigenvalue weighted by Crippen LogP contribution is -2.41. The smallest absolute Gasteiger partial charge is 0.290 e. The number of nitrogens with zero attached hydrogens (tertiary/aromatic N) is 1. The molecule has 5 rings (SSSR count). The van der Waals surface area contributed by atoms with Crippen LogP contribution in [-0.2, 0) is 4.79 Å². The van der Waals surface area contributed by atoms with Gasteiger partial charge in [-0.25, -0.2) is 0 Å². The standard InChI is InChI=1S/C27H26ClNO6/c1-33-19-10-8-15(9-11-19)23-22(25(31)27(32)29(23)18-6-4-3-5-7-18)24(30)20-13-16-12-17(28)14-21(34-2)26(16)35-20/h8-14,18,23,31H,3-7H2,1-2H3. The Kier molecular flexibility index (Phi) is 6.19. The molecule has 1 amide bonds. The molecule has 1 saturated carbocycles. The Morgan fingerprint density at radius 2 is 1.77 bits per heavy atom. The maximum absolute atomic E-state index is 13.8. The minimum atomic E-state index is -0.734. The van der Waals surface area contributed by atoms with Gasteiger partial charge in [-0.1, -0.05) is 43.0 Å². The number of aliphatic hydroxyl groups excluding tert-OH is 1. The predicted molar refractivity (Wildman–Crippen MR) is 131 cm³/mol. The predicted octanol–water partition coefficient (Wildman–Crippen LogP) is 6.01. The fourth-order valence-corrected chi connectivity index (χ4v) is 5.40. The summed E-state index contributed by atoms with van der Waals surface area (Å²) in [4.78, 5) is 28.8. The topological polar surface area (TPSA) is 89.2 Å². The number of benzene rings is 2. The molecule has 3 aromatic rings. The van der Waals surface area contributed by atoms with Gasteiger partial charge in [-0.3, -0.25) is 9.59 Å². The van der Waals surface area contributed by atoms with E-state index >= 15 is 0 Å². The van der Waals surface area contributed by atoms with Crippen LogP contribution in [0.25, 0.3) is 11.0 Å². The molecule has 1 fully saturated rings. The number of amides is 1. The first-order valence-corrected chi connectivity index (χ1v) is 12.0. The zero-order chi connectivity index (χ0) is 24.7. The van der Waals surface area contributed by atoms with Crippen LogP contribution < -0.4 is 9.47 Å². The van der Waals surface area contributed by atoms with E-state index in [4.69, 9.17) is 25.5 Å². The summed E-state index contributed by atoms with van der Waals surface area (Å²) in [6.07, 6.45) is 4.76. The highest BCUT2D eigenvalue weighted by atomic mass is 35.5. The number of rotatable bonds is 6. The van der Waals surface area contributed by atoms with Crippen molar-refractivity contribution in [3.05, 3.63) is 70.1 Å². The summed E-state index contributed by atoms with van der Waals surface area (Å²) >= 11 is 6.18. The van der Waals surface area contributed by atoms with E-state index in [1.54, 1.807) is 42.3 Å². The van der Waals surface area contributed by atoms with Crippen molar-refractivity contribution in [2.75, 3.05) is 14.2 Å². The molecule has 1 unspecified atom stereocenters. The number of hydrogen-bond acceptors (Lipinski definition) is 6. The molecular weight excluding hydrogens is 470 g/mol. The van der Waals surface area contributed by atoms with Gasteiger partial charge in [0.2, 0.25) is 5.78 Å². The second-order valence-corrected chi connectivity index (χ2v) is 9.34. The van der Waals surface area contributed by atoms with E-state index in [0.29, 0.717) is 33.1 Å². The van der Waals surface area contributed by atoms with Gasteiger partial charge in [0.15, 0.2) is 22.9 Å². The van der Waals surface area contributed by atoms with Gasteiger partial charge in [-0.05, 0) is 42.7 Å². The van der Waals surface area contributed by atoms with Gasteiger partial charge >= 0.3 is 0 Å². The lowest BCUT2D eigenvalue weighted by molar-refractivity contribution is -0.132. The number of furan rings is 1. The van der Waals surface area contributed by atoms with Crippen molar-refractivity contribution in [3.8, 4) is 11.5 Å². The third kappa shape index (κ3) is 4.04. The number of carbonyl (C=O) groups is 2. The first-order chi connectivity index (χ1) is 16.9. The Morgan fingerprint density at radius 3 is 2.43 bits per heavy atom. The Bertz CT molecular complexity index is 1320. The summed E-state index contributed by atoms with van der Waals surface area (Å²) in [5.74, 6) is -0.569. The summed E-state index contributed by atoms with van der Waals surface area (Å²) in [5.41, 5.74) is 1.10. The average molecular weight is 496 g/mol. The Labute approximate surface area is 207 Å². The van der Waals surface area contributed by atoms with Crippen LogP contribution in [0.1, 0.15) is 54.3 Å². The number of ether oxygens (including phenoxy) is 2. The maximum atomic E-state index is 13.8. The summed E-state index contributed by atoms with van der Waals surface area (Å²) in [6, 6.07) is 11.2. The molecule has 0 bridgehead atoms. The number of carbonyl (C=O) groups excluding carboxylic acids is 2. The van der Waals surface area contributed by atoms with E-state index in [0.717, 1.165) is 32.1 Å². The fourth-order valence-electron chi connectivity index (χ4n) is 5.19. The summed E-state index contributed by atoms with van der Waals surface area (Å²) < 4.78 is 16.5. The molecule has 1 atom stereocenters. The summed E-state index contributed by atoms with van der Waals surface area (Å²) in [6.45, 7) is 0. The highest BCUT2D eigenvalue weighted by Gasteiger charge is 2.47. The monoisotopic (exact) mass is 495 g/mol. The van der Waals surface area contributed by atoms with E-state index in [2.05, 4.69) is 0 Å². The average Bonchev–Trinajstić information content (AvgIpc) is 3.42. The zero-order valence-electron chi connectivity index (χ0n) is 19.5. The molecule has 0 radical (unpaired) electrons. The molecule has 2 aromatic carbocycles. The third-order valence-corrected chi connectivity index (χ3v) is 7.10. The fraction of sp³-hybridized carbons (Fsp3) is 0.333. The molecule has 1 N–H and O–H groups in total. The Hall–Kier alpha value is -3.45. The van der Waals surface area contributed by atoms with Crippen LogP contribution in [0.5, 0.6) is 11.5 Å². The first kappa shape index (κ1) is 23.3. The van der Waals surface area contributed by atoms with Gasteiger partial charge in [-0.2, -0.15) is 0 Å². The largest absolute Gasteiger partial charge is 0.503 e. The van der Waals surface area contributed by atoms with Crippen LogP contribution in [0.4, 0.5) is 0 Å². The quantitative estimate of drug-likeness (QED) is 0.421. The molecule has 2 aliphatic rings. The van der Waals surface area contributed by atoms with E-state index in [-0.39, 0.29) is 17.4 Å². The van der Waals surface area contributed by atoms with Crippen LogP contribution in [0.15, 0.2) is 58.2 Å². The molecular formula is C27H26ClNO6. The van der Waals surface area contributed by atoms with Gasteiger partial charge in [0.05, 0.1) is 25.8 Å². The highest BCUT2D eigenvalue weighted by Crippen LogP contribution is 2.44. The number of ketones is 1. The number of hydrogen-bond donors (Lipinski definition) is 1. The van der Waals surface area contributed by atoms with Gasteiger partial charge in [0.25, 0.3) is 5.91 Å². The number of Topliss-reactive ketones (excluding diaryl/α,β-unsaturated/α-hetero) is 1. The van der Waals surface area contributed by atoms with Crippen LogP contribution in [-0.4, -0.2) is 42.0 Å². The molecule has 2 heterocycles.